The number of rotatable bonds is 8. The highest BCUT2D eigenvalue weighted by Crippen LogP contribution is 2.22. The molecule has 7 nitrogen and oxygen atoms in total. The summed E-state index contributed by atoms with van der Waals surface area (Å²) in [5, 5.41) is 8.78. The minimum atomic E-state index is -0.287. The first-order valence-corrected chi connectivity index (χ1v) is 11.1. The maximum absolute atomic E-state index is 12.7. The molecule has 0 spiro atoms. The van der Waals surface area contributed by atoms with Crippen LogP contribution in [0, 0.1) is 0 Å². The van der Waals surface area contributed by atoms with Crippen molar-refractivity contribution in [3.05, 3.63) is 51.2 Å². The minimum Gasteiger partial charge on any atom is -0.349 e. The number of benzene rings is 1. The van der Waals surface area contributed by atoms with Crippen molar-refractivity contribution < 1.29 is 14.4 Å². The van der Waals surface area contributed by atoms with E-state index in [1.165, 1.54) is 11.3 Å². The van der Waals surface area contributed by atoms with Gasteiger partial charge in [-0.2, -0.15) is 0 Å². The fourth-order valence-corrected chi connectivity index (χ4v) is 4.26. The monoisotopic (exact) mass is 448 g/mol. The van der Waals surface area contributed by atoms with E-state index in [-0.39, 0.29) is 30.3 Å². The largest absolute Gasteiger partial charge is 0.349 e. The normalized spacial score (nSPS) is 15.0. The van der Waals surface area contributed by atoms with E-state index in [9.17, 15) is 14.4 Å². The average molecular weight is 449 g/mol. The number of hydrogen-bond acceptors (Lipinski definition) is 5. The number of likely N-dealkylation sites (N-methyl/N-ethyl adjacent to an activating group) is 1. The number of anilines is 1. The SMILES string of the molecule is CNCC(CNC(=O)c1ccc(Cl)s1)NC(=O)c1ccc(N2CCCCC2=O)cc1. The molecule has 1 unspecified atom stereocenters. The lowest BCUT2D eigenvalue weighted by molar-refractivity contribution is -0.119. The lowest BCUT2D eigenvalue weighted by atomic mass is 10.1. The molecule has 3 N–H and O–H groups in total. The van der Waals surface area contributed by atoms with Crippen LogP contribution in [0.1, 0.15) is 39.3 Å². The van der Waals surface area contributed by atoms with Gasteiger partial charge in [-0.1, -0.05) is 11.6 Å². The smallest absolute Gasteiger partial charge is 0.261 e. The van der Waals surface area contributed by atoms with Crippen molar-refractivity contribution in [1.82, 2.24) is 16.0 Å². The van der Waals surface area contributed by atoms with Crippen molar-refractivity contribution in [2.45, 2.75) is 25.3 Å². The third-order valence-electron chi connectivity index (χ3n) is 4.86. The first kappa shape index (κ1) is 22.3. The second kappa shape index (κ2) is 10.6. The molecule has 1 fully saturated rings. The second-order valence-electron chi connectivity index (χ2n) is 7.09. The summed E-state index contributed by atoms with van der Waals surface area (Å²) < 4.78 is 0.551. The number of thiophene rings is 1. The molecule has 160 valence electrons. The van der Waals surface area contributed by atoms with Gasteiger partial charge >= 0.3 is 0 Å². The maximum atomic E-state index is 12.7. The molecule has 3 amide bonds. The number of hydrogen-bond donors (Lipinski definition) is 3. The molecule has 0 bridgehead atoms. The molecule has 9 heteroatoms. The number of amides is 3. The van der Waals surface area contributed by atoms with Gasteiger partial charge in [0, 0.05) is 37.3 Å². The van der Waals surface area contributed by atoms with Crippen LogP contribution in [0.15, 0.2) is 36.4 Å². The number of nitrogens with one attached hydrogen (secondary N) is 3. The van der Waals surface area contributed by atoms with Gasteiger partial charge < -0.3 is 20.9 Å². The molecule has 1 aliphatic heterocycles. The molecule has 1 aliphatic rings. The predicted molar refractivity (Wildman–Crippen MR) is 119 cm³/mol. The van der Waals surface area contributed by atoms with Crippen LogP contribution in [-0.2, 0) is 4.79 Å². The van der Waals surface area contributed by atoms with E-state index in [2.05, 4.69) is 16.0 Å². The molecule has 1 atom stereocenters. The highest BCUT2D eigenvalue weighted by atomic mass is 35.5. The van der Waals surface area contributed by atoms with Gasteiger partial charge in [0.05, 0.1) is 15.3 Å². The molecule has 2 heterocycles. The van der Waals surface area contributed by atoms with Gasteiger partial charge in [-0.3, -0.25) is 14.4 Å². The lowest BCUT2D eigenvalue weighted by Gasteiger charge is -2.27. The number of halogens is 1. The first-order chi connectivity index (χ1) is 14.5. The van der Waals surface area contributed by atoms with Crippen molar-refractivity contribution in [3.63, 3.8) is 0 Å². The molecule has 30 heavy (non-hydrogen) atoms. The zero-order chi connectivity index (χ0) is 21.5. The van der Waals surface area contributed by atoms with Gasteiger partial charge in [0.25, 0.3) is 11.8 Å². The minimum absolute atomic E-state index is 0.121. The van der Waals surface area contributed by atoms with Gasteiger partial charge in [-0.15, -0.1) is 11.3 Å². The fraction of sp³-hybridized carbons (Fsp3) is 0.381. The molecule has 1 saturated heterocycles. The molecule has 1 aromatic heterocycles. The van der Waals surface area contributed by atoms with Crippen molar-refractivity contribution in [2.24, 2.45) is 0 Å². The van der Waals surface area contributed by atoms with Crippen LogP contribution in [0.2, 0.25) is 4.34 Å². The van der Waals surface area contributed by atoms with Crippen molar-refractivity contribution >= 4 is 46.3 Å². The summed E-state index contributed by atoms with van der Waals surface area (Å²) in [4.78, 5) is 39.2. The van der Waals surface area contributed by atoms with E-state index in [0.29, 0.717) is 34.3 Å². The van der Waals surface area contributed by atoms with E-state index in [4.69, 9.17) is 11.6 Å². The Labute approximate surface area is 184 Å². The van der Waals surface area contributed by atoms with Crippen LogP contribution in [0.4, 0.5) is 5.69 Å². The number of nitrogens with zero attached hydrogens (tertiary/aromatic N) is 1. The van der Waals surface area contributed by atoms with Gasteiger partial charge in [0.15, 0.2) is 0 Å². The summed E-state index contributed by atoms with van der Waals surface area (Å²) in [6.45, 7) is 1.49. The third-order valence-corrected chi connectivity index (χ3v) is 6.09. The zero-order valence-electron chi connectivity index (χ0n) is 16.7. The fourth-order valence-electron chi connectivity index (χ4n) is 3.30. The van der Waals surface area contributed by atoms with E-state index in [0.717, 1.165) is 18.5 Å². The Balaban J connectivity index is 1.57. The van der Waals surface area contributed by atoms with E-state index < -0.39 is 0 Å². The summed E-state index contributed by atoms with van der Waals surface area (Å²) in [5.41, 5.74) is 1.31. The Morgan fingerprint density at radius 2 is 1.87 bits per heavy atom. The predicted octanol–water partition coefficient (Wildman–Crippen LogP) is 2.67. The Morgan fingerprint density at radius 3 is 2.50 bits per heavy atom. The van der Waals surface area contributed by atoms with Crippen LogP contribution in [0.25, 0.3) is 0 Å². The van der Waals surface area contributed by atoms with Crippen LogP contribution in [0.5, 0.6) is 0 Å². The van der Waals surface area contributed by atoms with Crippen molar-refractivity contribution in [2.75, 3.05) is 31.6 Å². The number of piperidine rings is 1. The van der Waals surface area contributed by atoms with Crippen molar-refractivity contribution in [3.8, 4) is 0 Å². The molecular weight excluding hydrogens is 424 g/mol. The Hall–Kier alpha value is -2.42. The quantitative estimate of drug-likeness (QED) is 0.579. The number of carbonyl (C=O) groups excluding carboxylic acids is 3. The standard InChI is InChI=1S/C21H25ClN4O3S/c1-23-12-15(13-24-21(29)17-9-10-18(22)30-17)25-20(28)14-5-7-16(8-6-14)26-11-3-2-4-19(26)27/h5-10,15,23H,2-4,11-13H2,1H3,(H,24,29)(H,25,28). The van der Waals surface area contributed by atoms with Crippen LogP contribution in [-0.4, -0.2) is 50.4 Å². The Kier molecular flexibility index (Phi) is 7.84. The molecule has 0 radical (unpaired) electrons. The van der Waals surface area contributed by atoms with Crippen molar-refractivity contribution in [1.29, 1.82) is 0 Å². The average Bonchev–Trinajstić information content (AvgIpc) is 3.19. The zero-order valence-corrected chi connectivity index (χ0v) is 18.3. The molecular formula is C21H25ClN4O3S. The van der Waals surface area contributed by atoms with Crippen LogP contribution in [0.3, 0.4) is 0 Å². The third kappa shape index (κ3) is 5.81. The van der Waals surface area contributed by atoms with Crippen LogP contribution < -0.4 is 20.9 Å². The van der Waals surface area contributed by atoms with Gasteiger partial charge in [-0.25, -0.2) is 0 Å². The molecule has 0 aliphatic carbocycles. The highest BCUT2D eigenvalue weighted by Gasteiger charge is 2.20. The summed E-state index contributed by atoms with van der Waals surface area (Å²) in [6, 6.07) is 10.1. The summed E-state index contributed by atoms with van der Waals surface area (Å²) >= 11 is 7.08. The van der Waals surface area contributed by atoms with E-state index in [1.807, 2.05) is 0 Å². The van der Waals surface area contributed by atoms with Gasteiger partial charge in [0.1, 0.15) is 0 Å². The van der Waals surface area contributed by atoms with Gasteiger partial charge in [0.2, 0.25) is 5.91 Å². The maximum Gasteiger partial charge on any atom is 0.261 e. The molecule has 3 rings (SSSR count). The molecule has 0 saturated carbocycles. The summed E-state index contributed by atoms with van der Waals surface area (Å²) in [7, 11) is 1.78. The van der Waals surface area contributed by atoms with E-state index in [1.54, 1.807) is 48.3 Å². The van der Waals surface area contributed by atoms with E-state index >= 15 is 0 Å². The summed E-state index contributed by atoms with van der Waals surface area (Å²) in [6.07, 6.45) is 2.49. The second-order valence-corrected chi connectivity index (χ2v) is 8.81. The highest BCUT2D eigenvalue weighted by molar-refractivity contribution is 7.18. The Morgan fingerprint density at radius 1 is 1.10 bits per heavy atom. The topological polar surface area (TPSA) is 90.5 Å². The first-order valence-electron chi connectivity index (χ1n) is 9.87. The Bertz CT molecular complexity index is 900. The number of carbonyl (C=O) groups is 3. The van der Waals surface area contributed by atoms with Crippen LogP contribution >= 0.6 is 22.9 Å². The summed E-state index contributed by atoms with van der Waals surface area (Å²) in [5.74, 6) is -0.340. The lowest BCUT2D eigenvalue weighted by Crippen LogP contribution is -2.48. The molecule has 2 aromatic rings. The van der Waals surface area contributed by atoms with Gasteiger partial charge in [-0.05, 0) is 56.3 Å². The molecule has 1 aromatic carbocycles.